The summed E-state index contributed by atoms with van der Waals surface area (Å²) < 4.78 is 0. The summed E-state index contributed by atoms with van der Waals surface area (Å²) in [6, 6.07) is 0. The Morgan fingerprint density at radius 1 is 0.889 bits per heavy atom. The molecule has 1 unspecified atom stereocenters. The smallest absolute Gasteiger partial charge is 0.0164 e. The fraction of sp³-hybridized carbons (Fsp3) is 0.556. The highest BCUT2D eigenvalue weighted by molar-refractivity contribution is 5.12. The van der Waals surface area contributed by atoms with Crippen LogP contribution in [0.4, 0.5) is 0 Å². The van der Waals surface area contributed by atoms with Gasteiger partial charge in [0.05, 0.1) is 0 Å². The van der Waals surface area contributed by atoms with E-state index in [2.05, 4.69) is 24.3 Å². The second-order valence-corrected chi connectivity index (χ2v) is 3.00. The lowest BCUT2D eigenvalue weighted by Gasteiger charge is -1.91. The van der Waals surface area contributed by atoms with E-state index in [1.807, 2.05) is 0 Å². The molecule has 0 heterocycles. The SMILES string of the molecule is C1=C\C2C[C@@H]2/C=C\CC/1. The lowest BCUT2D eigenvalue weighted by atomic mass is 10.1. The van der Waals surface area contributed by atoms with Crippen LogP contribution in [0.1, 0.15) is 19.3 Å². The minimum absolute atomic E-state index is 0.918. The fourth-order valence-corrected chi connectivity index (χ4v) is 1.41. The van der Waals surface area contributed by atoms with Crippen LogP contribution in [0.25, 0.3) is 0 Å². The van der Waals surface area contributed by atoms with Crippen LogP contribution >= 0.6 is 0 Å². The molecule has 0 saturated heterocycles. The molecule has 1 saturated carbocycles. The van der Waals surface area contributed by atoms with Crippen molar-refractivity contribution in [1.29, 1.82) is 0 Å². The van der Waals surface area contributed by atoms with Crippen molar-refractivity contribution in [1.82, 2.24) is 0 Å². The van der Waals surface area contributed by atoms with Gasteiger partial charge in [-0.1, -0.05) is 24.3 Å². The lowest BCUT2D eigenvalue weighted by molar-refractivity contribution is 0.931. The van der Waals surface area contributed by atoms with Gasteiger partial charge in [-0.05, 0) is 31.1 Å². The first-order valence-corrected chi connectivity index (χ1v) is 3.80. The highest BCUT2D eigenvalue weighted by atomic mass is 14.4. The van der Waals surface area contributed by atoms with Crippen molar-refractivity contribution in [2.45, 2.75) is 19.3 Å². The Morgan fingerprint density at radius 3 is 2.00 bits per heavy atom. The summed E-state index contributed by atoms with van der Waals surface area (Å²) in [4.78, 5) is 0. The van der Waals surface area contributed by atoms with E-state index in [0.29, 0.717) is 0 Å². The van der Waals surface area contributed by atoms with Crippen LogP contribution in [0.15, 0.2) is 24.3 Å². The van der Waals surface area contributed by atoms with Crippen molar-refractivity contribution in [2.75, 3.05) is 0 Å². The van der Waals surface area contributed by atoms with Crippen LogP contribution < -0.4 is 0 Å². The standard InChI is InChI=1S/C9H12/c1-2-4-6-9-7-8(9)5-3-1/h3-6,8-9H,1-2,7H2/b5-3-,6-4-/t8-,9?/m0/s1. The molecule has 2 aliphatic carbocycles. The monoisotopic (exact) mass is 120 g/mol. The third-order valence-corrected chi connectivity index (χ3v) is 2.16. The highest BCUT2D eigenvalue weighted by Crippen LogP contribution is 2.41. The molecule has 9 heavy (non-hydrogen) atoms. The van der Waals surface area contributed by atoms with E-state index in [-0.39, 0.29) is 0 Å². The van der Waals surface area contributed by atoms with E-state index in [1.165, 1.54) is 19.3 Å². The largest absolute Gasteiger partial charge is 0.0879 e. The van der Waals surface area contributed by atoms with Gasteiger partial charge in [-0.2, -0.15) is 0 Å². The zero-order chi connectivity index (χ0) is 6.10. The molecule has 2 atom stereocenters. The Labute approximate surface area is 56.3 Å². The van der Waals surface area contributed by atoms with Gasteiger partial charge in [-0.25, -0.2) is 0 Å². The normalized spacial score (nSPS) is 46.2. The van der Waals surface area contributed by atoms with E-state index < -0.39 is 0 Å². The molecule has 0 aliphatic heterocycles. The van der Waals surface area contributed by atoms with Crippen LogP contribution in [-0.2, 0) is 0 Å². The van der Waals surface area contributed by atoms with E-state index in [0.717, 1.165) is 11.8 Å². The average Bonchev–Trinajstić information content (AvgIpc) is 2.46. The molecule has 0 bridgehead atoms. The van der Waals surface area contributed by atoms with Gasteiger partial charge in [0.2, 0.25) is 0 Å². The second kappa shape index (κ2) is 2.02. The minimum atomic E-state index is 0.918. The van der Waals surface area contributed by atoms with Crippen LogP contribution in [0, 0.1) is 11.8 Å². The maximum atomic E-state index is 2.38. The Hall–Kier alpha value is -0.520. The van der Waals surface area contributed by atoms with Gasteiger partial charge in [0.1, 0.15) is 0 Å². The van der Waals surface area contributed by atoms with E-state index in [1.54, 1.807) is 0 Å². The zero-order valence-electron chi connectivity index (χ0n) is 5.59. The zero-order valence-corrected chi connectivity index (χ0v) is 5.59. The van der Waals surface area contributed by atoms with Gasteiger partial charge < -0.3 is 0 Å². The van der Waals surface area contributed by atoms with Crippen molar-refractivity contribution in [3.63, 3.8) is 0 Å². The van der Waals surface area contributed by atoms with Gasteiger partial charge in [0.25, 0.3) is 0 Å². The molecule has 0 spiro atoms. The van der Waals surface area contributed by atoms with Crippen molar-refractivity contribution >= 4 is 0 Å². The molecule has 0 aromatic rings. The van der Waals surface area contributed by atoms with Crippen molar-refractivity contribution in [2.24, 2.45) is 11.8 Å². The molecule has 0 aromatic heterocycles. The predicted octanol–water partition coefficient (Wildman–Crippen LogP) is 2.53. The second-order valence-electron chi connectivity index (χ2n) is 3.00. The quantitative estimate of drug-likeness (QED) is 0.431. The summed E-state index contributed by atoms with van der Waals surface area (Å²) in [7, 11) is 0. The topological polar surface area (TPSA) is 0 Å². The Morgan fingerprint density at radius 2 is 1.44 bits per heavy atom. The minimum Gasteiger partial charge on any atom is -0.0879 e. The fourth-order valence-electron chi connectivity index (χ4n) is 1.41. The Balaban J connectivity index is 2.05. The molecular weight excluding hydrogens is 108 g/mol. The van der Waals surface area contributed by atoms with Gasteiger partial charge in [-0.3, -0.25) is 0 Å². The number of allylic oxidation sites excluding steroid dienone is 4. The van der Waals surface area contributed by atoms with Crippen molar-refractivity contribution in [3.8, 4) is 0 Å². The van der Waals surface area contributed by atoms with Crippen LogP contribution in [0.3, 0.4) is 0 Å². The van der Waals surface area contributed by atoms with Crippen LogP contribution in [0.2, 0.25) is 0 Å². The number of hydrogen-bond donors (Lipinski definition) is 0. The summed E-state index contributed by atoms with van der Waals surface area (Å²) in [6.45, 7) is 0. The molecule has 1 fully saturated rings. The molecule has 2 rings (SSSR count). The number of hydrogen-bond acceptors (Lipinski definition) is 0. The van der Waals surface area contributed by atoms with Gasteiger partial charge in [-0.15, -0.1) is 0 Å². The summed E-state index contributed by atoms with van der Waals surface area (Å²) in [5.41, 5.74) is 0. The van der Waals surface area contributed by atoms with Crippen molar-refractivity contribution in [3.05, 3.63) is 24.3 Å². The molecule has 0 heteroatoms. The van der Waals surface area contributed by atoms with Crippen molar-refractivity contribution < 1.29 is 0 Å². The first-order chi connectivity index (χ1) is 4.47. The molecule has 0 radical (unpaired) electrons. The molecule has 48 valence electrons. The molecule has 2 aliphatic rings. The van der Waals surface area contributed by atoms with E-state index in [4.69, 9.17) is 0 Å². The summed E-state index contributed by atoms with van der Waals surface area (Å²) in [5, 5.41) is 0. The molecule has 0 N–H and O–H groups in total. The maximum Gasteiger partial charge on any atom is -0.0164 e. The molecular formula is C9H12. The van der Waals surface area contributed by atoms with Crippen LogP contribution in [-0.4, -0.2) is 0 Å². The first-order valence-electron chi connectivity index (χ1n) is 3.80. The number of fused-ring (bicyclic) bond motifs is 1. The summed E-state index contributed by atoms with van der Waals surface area (Å²) in [5.74, 6) is 1.84. The van der Waals surface area contributed by atoms with E-state index in [9.17, 15) is 0 Å². The summed E-state index contributed by atoms with van der Waals surface area (Å²) in [6.07, 6.45) is 13.3. The Bertz CT molecular complexity index is 135. The van der Waals surface area contributed by atoms with Gasteiger partial charge in [0.15, 0.2) is 0 Å². The van der Waals surface area contributed by atoms with Gasteiger partial charge in [0, 0.05) is 0 Å². The maximum absolute atomic E-state index is 2.38. The third-order valence-electron chi connectivity index (χ3n) is 2.16. The van der Waals surface area contributed by atoms with Gasteiger partial charge >= 0.3 is 0 Å². The summed E-state index contributed by atoms with van der Waals surface area (Å²) >= 11 is 0. The highest BCUT2D eigenvalue weighted by Gasteiger charge is 2.31. The molecule has 0 aromatic carbocycles. The molecule has 0 nitrogen and oxygen atoms in total. The predicted molar refractivity (Wildman–Crippen MR) is 39.1 cm³/mol. The molecule has 0 amide bonds. The third kappa shape index (κ3) is 1.07. The van der Waals surface area contributed by atoms with Crippen LogP contribution in [0.5, 0.6) is 0 Å². The Kier molecular flexibility index (Phi) is 1.18. The number of rotatable bonds is 0. The first kappa shape index (κ1) is 5.28. The lowest BCUT2D eigenvalue weighted by Crippen LogP contribution is -1.76. The average molecular weight is 120 g/mol. The van der Waals surface area contributed by atoms with E-state index >= 15 is 0 Å².